The fraction of sp³-hybridized carbons (Fsp3) is 0.208. The summed E-state index contributed by atoms with van der Waals surface area (Å²) in [5.41, 5.74) is 3.43. The van der Waals surface area contributed by atoms with Gasteiger partial charge in [0.1, 0.15) is 17.7 Å². The van der Waals surface area contributed by atoms with Crippen molar-refractivity contribution in [2.45, 2.75) is 12.5 Å². The molecule has 31 heavy (non-hydrogen) atoms. The number of H-pyrrole nitrogens is 1. The molecule has 2 N–H and O–H groups in total. The van der Waals surface area contributed by atoms with Crippen molar-refractivity contribution in [1.82, 2.24) is 10.3 Å². The summed E-state index contributed by atoms with van der Waals surface area (Å²) < 4.78 is 4.87. The SMILES string of the molecule is COC(=O)[C@@H](Cc1c[nH]c2ccccc12)NC(=O)/C(C#N)=C\c1ccc(N(C)C)cc1. The summed E-state index contributed by atoms with van der Waals surface area (Å²) in [4.78, 5) is 30.2. The molecule has 0 bridgehead atoms. The van der Waals surface area contributed by atoms with Crippen LogP contribution in [0.3, 0.4) is 0 Å². The van der Waals surface area contributed by atoms with Crippen molar-refractivity contribution < 1.29 is 14.3 Å². The fourth-order valence-electron chi connectivity index (χ4n) is 3.28. The van der Waals surface area contributed by atoms with Crippen molar-refractivity contribution in [3.05, 3.63) is 71.4 Å². The lowest BCUT2D eigenvalue weighted by Crippen LogP contribution is -2.43. The molecule has 0 aliphatic rings. The average molecular weight is 416 g/mol. The smallest absolute Gasteiger partial charge is 0.328 e. The third kappa shape index (κ3) is 5.11. The van der Waals surface area contributed by atoms with Gasteiger partial charge in [-0.25, -0.2) is 4.79 Å². The first-order valence-corrected chi connectivity index (χ1v) is 9.75. The number of benzene rings is 2. The molecule has 2 aromatic carbocycles. The Morgan fingerprint density at radius 1 is 1.19 bits per heavy atom. The van der Waals surface area contributed by atoms with Crippen LogP contribution in [0.15, 0.2) is 60.3 Å². The molecule has 0 radical (unpaired) electrons. The molecule has 0 unspecified atom stereocenters. The second kappa shape index (κ2) is 9.63. The van der Waals surface area contributed by atoms with Crippen LogP contribution in [-0.2, 0) is 20.7 Å². The standard InChI is InChI=1S/C24H24N4O3/c1-28(2)19-10-8-16(9-11-19)12-17(14-25)23(29)27-22(24(30)31-3)13-18-15-26-21-7-5-4-6-20(18)21/h4-12,15,22,26H,13H2,1-3H3,(H,27,29)/b17-12-/t22-/m1/s1. The summed E-state index contributed by atoms with van der Waals surface area (Å²) in [7, 11) is 5.13. The number of fused-ring (bicyclic) bond motifs is 1. The number of methoxy groups -OCH3 is 1. The van der Waals surface area contributed by atoms with Gasteiger partial charge in [-0.05, 0) is 35.4 Å². The Morgan fingerprint density at radius 2 is 1.90 bits per heavy atom. The van der Waals surface area contributed by atoms with E-state index in [9.17, 15) is 14.9 Å². The molecule has 158 valence electrons. The van der Waals surface area contributed by atoms with Gasteiger partial charge in [0.15, 0.2) is 0 Å². The number of ether oxygens (including phenoxy) is 1. The minimum absolute atomic E-state index is 0.0922. The van der Waals surface area contributed by atoms with Gasteiger partial charge in [-0.3, -0.25) is 4.79 Å². The number of nitriles is 1. The maximum atomic E-state index is 12.8. The first-order chi connectivity index (χ1) is 14.9. The van der Waals surface area contributed by atoms with E-state index in [1.54, 1.807) is 6.20 Å². The quantitative estimate of drug-likeness (QED) is 0.350. The Morgan fingerprint density at radius 3 is 2.55 bits per heavy atom. The van der Waals surface area contributed by atoms with E-state index in [0.717, 1.165) is 22.2 Å². The van der Waals surface area contributed by atoms with Gasteiger partial charge < -0.3 is 19.9 Å². The molecule has 7 heteroatoms. The van der Waals surface area contributed by atoms with Crippen molar-refractivity contribution >= 4 is 34.5 Å². The highest BCUT2D eigenvalue weighted by Gasteiger charge is 2.24. The van der Waals surface area contributed by atoms with Gasteiger partial charge in [0.2, 0.25) is 0 Å². The maximum absolute atomic E-state index is 12.8. The number of para-hydroxylation sites is 1. The number of carbonyl (C=O) groups excluding carboxylic acids is 2. The molecule has 3 rings (SSSR count). The normalized spacial score (nSPS) is 12.1. The van der Waals surface area contributed by atoms with Crippen LogP contribution in [0.4, 0.5) is 5.69 Å². The monoisotopic (exact) mass is 416 g/mol. The zero-order valence-electron chi connectivity index (χ0n) is 17.7. The van der Waals surface area contributed by atoms with Gasteiger partial charge >= 0.3 is 5.97 Å². The van der Waals surface area contributed by atoms with Crippen LogP contribution in [-0.4, -0.2) is 44.1 Å². The van der Waals surface area contributed by atoms with Crippen molar-refractivity contribution in [3.63, 3.8) is 0 Å². The first-order valence-electron chi connectivity index (χ1n) is 9.75. The Balaban J connectivity index is 1.80. The number of nitrogens with one attached hydrogen (secondary N) is 2. The van der Waals surface area contributed by atoms with E-state index in [-0.39, 0.29) is 12.0 Å². The van der Waals surface area contributed by atoms with E-state index in [0.29, 0.717) is 5.56 Å². The van der Waals surface area contributed by atoms with E-state index >= 15 is 0 Å². The molecule has 0 spiro atoms. The van der Waals surface area contributed by atoms with Gasteiger partial charge in [-0.1, -0.05) is 30.3 Å². The molecule has 0 aliphatic carbocycles. The molecule has 1 amide bonds. The number of rotatable bonds is 7. The Bertz CT molecular complexity index is 1150. The number of nitrogens with zero attached hydrogens (tertiary/aromatic N) is 2. The summed E-state index contributed by atoms with van der Waals surface area (Å²) in [6.45, 7) is 0. The molecule has 1 heterocycles. The third-order valence-corrected chi connectivity index (χ3v) is 4.98. The number of carbonyl (C=O) groups is 2. The summed E-state index contributed by atoms with van der Waals surface area (Å²) >= 11 is 0. The number of hydrogen-bond acceptors (Lipinski definition) is 5. The molecule has 1 aromatic heterocycles. The van der Waals surface area contributed by atoms with Crippen LogP contribution in [0, 0.1) is 11.3 Å². The van der Waals surface area contributed by atoms with Crippen LogP contribution in [0.5, 0.6) is 0 Å². The topological polar surface area (TPSA) is 98.2 Å². The van der Waals surface area contributed by atoms with E-state index in [2.05, 4.69) is 10.3 Å². The van der Waals surface area contributed by atoms with Crippen molar-refractivity contribution in [3.8, 4) is 6.07 Å². The van der Waals surface area contributed by atoms with Gasteiger partial charge in [0.05, 0.1) is 7.11 Å². The summed E-state index contributed by atoms with van der Waals surface area (Å²) in [5.74, 6) is -1.21. The Kier molecular flexibility index (Phi) is 6.73. The van der Waals surface area contributed by atoms with Crippen LogP contribution in [0.2, 0.25) is 0 Å². The minimum atomic E-state index is -0.926. The molecule has 1 atom stereocenters. The highest BCUT2D eigenvalue weighted by atomic mass is 16.5. The minimum Gasteiger partial charge on any atom is -0.467 e. The van der Waals surface area contributed by atoms with Crippen LogP contribution < -0.4 is 10.2 Å². The van der Waals surface area contributed by atoms with E-state index in [4.69, 9.17) is 4.74 Å². The van der Waals surface area contributed by atoms with Crippen LogP contribution in [0.25, 0.3) is 17.0 Å². The van der Waals surface area contributed by atoms with Gasteiger partial charge in [-0.2, -0.15) is 5.26 Å². The van der Waals surface area contributed by atoms with Crippen molar-refractivity contribution in [2.75, 3.05) is 26.1 Å². The second-order valence-corrected chi connectivity index (χ2v) is 7.27. The third-order valence-electron chi connectivity index (χ3n) is 4.98. The fourth-order valence-corrected chi connectivity index (χ4v) is 3.28. The molecule has 0 fully saturated rings. The van der Waals surface area contributed by atoms with Crippen LogP contribution >= 0.6 is 0 Å². The molecular formula is C24H24N4O3. The maximum Gasteiger partial charge on any atom is 0.328 e. The summed E-state index contributed by atoms with van der Waals surface area (Å²) in [6, 6.07) is 16.1. The van der Waals surface area contributed by atoms with E-state index in [1.807, 2.05) is 73.6 Å². The predicted molar refractivity (Wildman–Crippen MR) is 120 cm³/mol. The van der Waals surface area contributed by atoms with Crippen molar-refractivity contribution in [1.29, 1.82) is 5.26 Å². The number of aromatic nitrogens is 1. The van der Waals surface area contributed by atoms with E-state index < -0.39 is 17.9 Å². The number of aromatic amines is 1. The first kappa shape index (κ1) is 21.7. The van der Waals surface area contributed by atoms with Crippen molar-refractivity contribution in [2.24, 2.45) is 0 Å². The lowest BCUT2D eigenvalue weighted by atomic mass is 10.0. The molecule has 0 aliphatic heterocycles. The zero-order valence-corrected chi connectivity index (χ0v) is 17.7. The molecular weight excluding hydrogens is 392 g/mol. The second-order valence-electron chi connectivity index (χ2n) is 7.27. The summed E-state index contributed by atoms with van der Waals surface area (Å²) in [6.07, 6.45) is 3.54. The number of hydrogen-bond donors (Lipinski definition) is 2. The number of amides is 1. The number of esters is 1. The van der Waals surface area contributed by atoms with Gasteiger partial charge in [0, 0.05) is 43.3 Å². The largest absolute Gasteiger partial charge is 0.467 e. The Hall–Kier alpha value is -4.05. The lowest BCUT2D eigenvalue weighted by molar-refractivity contribution is -0.144. The highest BCUT2D eigenvalue weighted by Crippen LogP contribution is 2.20. The average Bonchev–Trinajstić information content (AvgIpc) is 3.19. The Labute approximate surface area is 180 Å². The molecule has 0 saturated heterocycles. The summed E-state index contributed by atoms with van der Waals surface area (Å²) in [5, 5.41) is 13.1. The van der Waals surface area contributed by atoms with Crippen LogP contribution in [0.1, 0.15) is 11.1 Å². The molecule has 7 nitrogen and oxygen atoms in total. The van der Waals surface area contributed by atoms with Gasteiger partial charge in [-0.15, -0.1) is 0 Å². The predicted octanol–water partition coefficient (Wildman–Crippen LogP) is 3.04. The molecule has 0 saturated carbocycles. The highest BCUT2D eigenvalue weighted by molar-refractivity contribution is 6.03. The molecule has 3 aromatic rings. The van der Waals surface area contributed by atoms with E-state index in [1.165, 1.54) is 13.2 Å². The lowest BCUT2D eigenvalue weighted by Gasteiger charge is -2.16. The zero-order chi connectivity index (χ0) is 22.4. The van der Waals surface area contributed by atoms with Gasteiger partial charge in [0.25, 0.3) is 5.91 Å². The number of anilines is 1.